The van der Waals surface area contributed by atoms with Crippen LogP contribution < -0.4 is 0 Å². The zero-order valence-electron chi connectivity index (χ0n) is 22.8. The van der Waals surface area contributed by atoms with Crippen LogP contribution in [0.15, 0.2) is 46.5 Å². The molecule has 2 aliphatic heterocycles. The molecule has 8 nitrogen and oxygen atoms in total. The van der Waals surface area contributed by atoms with Crippen LogP contribution in [0.4, 0.5) is 0 Å². The molecule has 2 N–H and O–H groups in total. The minimum atomic E-state index is -1.50. The third-order valence-electron chi connectivity index (χ3n) is 6.90. The third-order valence-corrected chi connectivity index (χ3v) is 6.90. The molecule has 0 amide bonds. The van der Waals surface area contributed by atoms with E-state index in [-0.39, 0.29) is 11.9 Å². The number of esters is 1. The third kappa shape index (κ3) is 7.76. The highest BCUT2D eigenvalue weighted by Gasteiger charge is 2.55. The van der Waals surface area contributed by atoms with Gasteiger partial charge in [0.2, 0.25) is 0 Å². The van der Waals surface area contributed by atoms with Gasteiger partial charge in [0.05, 0.1) is 12.7 Å². The average molecular weight is 509 g/mol. The van der Waals surface area contributed by atoms with Gasteiger partial charge in [0, 0.05) is 14.2 Å². The second kappa shape index (κ2) is 14.1. The Hall–Kier alpha value is -1.97. The second-order valence-corrected chi connectivity index (χ2v) is 9.87. The minimum absolute atomic E-state index is 0.275. The number of hydrogen-bond acceptors (Lipinski definition) is 8. The van der Waals surface area contributed by atoms with Crippen LogP contribution in [0.2, 0.25) is 0 Å². The first-order valence-electron chi connectivity index (χ1n) is 12.7. The number of cyclic esters (lactones) is 1. The number of carbonyl (C=O) groups excluding carboxylic acids is 1. The monoisotopic (exact) mass is 508 g/mol. The summed E-state index contributed by atoms with van der Waals surface area (Å²) in [5, 5.41) is 21.2. The van der Waals surface area contributed by atoms with Crippen molar-refractivity contribution in [2.24, 2.45) is 5.92 Å². The molecule has 0 saturated carbocycles. The molecule has 36 heavy (non-hydrogen) atoms. The van der Waals surface area contributed by atoms with Gasteiger partial charge in [0.1, 0.15) is 11.7 Å². The van der Waals surface area contributed by atoms with Crippen molar-refractivity contribution in [2.75, 3.05) is 21.3 Å². The van der Waals surface area contributed by atoms with E-state index < -0.39 is 24.3 Å². The number of hydrogen-bond donors (Lipinski definition) is 2. The molecule has 1 fully saturated rings. The Kier molecular flexibility index (Phi) is 11.8. The van der Waals surface area contributed by atoms with Crippen molar-refractivity contribution in [3.63, 3.8) is 0 Å². The van der Waals surface area contributed by atoms with Crippen molar-refractivity contribution in [1.82, 2.24) is 0 Å². The molecule has 0 aromatic heterocycles. The maximum atomic E-state index is 11.7. The van der Waals surface area contributed by atoms with Crippen molar-refractivity contribution in [3.8, 4) is 0 Å². The van der Waals surface area contributed by atoms with E-state index in [1.807, 2.05) is 6.08 Å². The van der Waals surface area contributed by atoms with Crippen molar-refractivity contribution < 1.29 is 38.7 Å². The number of rotatable bonds is 14. The molecule has 0 spiro atoms. The first-order valence-corrected chi connectivity index (χ1v) is 12.7. The number of methoxy groups -OCH3 is 3. The van der Waals surface area contributed by atoms with Gasteiger partial charge in [-0.05, 0) is 77.7 Å². The molecule has 0 aromatic rings. The summed E-state index contributed by atoms with van der Waals surface area (Å²) in [5.74, 6) is 0.997. The smallest absolute Gasteiger partial charge is 0.343 e. The van der Waals surface area contributed by atoms with Crippen molar-refractivity contribution >= 4 is 5.97 Å². The molecule has 8 heteroatoms. The molecule has 5 atom stereocenters. The van der Waals surface area contributed by atoms with Crippen LogP contribution in [0.5, 0.6) is 0 Å². The van der Waals surface area contributed by atoms with Gasteiger partial charge in [0.25, 0.3) is 0 Å². The van der Waals surface area contributed by atoms with Gasteiger partial charge in [-0.15, -0.1) is 0 Å². The van der Waals surface area contributed by atoms with Crippen LogP contribution in [0.1, 0.15) is 72.6 Å². The van der Waals surface area contributed by atoms with Crippen LogP contribution >= 0.6 is 0 Å². The maximum absolute atomic E-state index is 11.7. The van der Waals surface area contributed by atoms with Gasteiger partial charge in [-0.2, -0.15) is 0 Å². The molecule has 1 saturated heterocycles. The number of ether oxygens (including phenoxy) is 5. The topological polar surface area (TPSA) is 104 Å². The molecular weight excluding hydrogens is 464 g/mol. The SMILES string of the molecule is COC1=C(C)C(=O)O/C1=C\C(C)CCC/C(C)=C/CC/C(C)=C/CCC1(O)C(OC)OC(OC)C1O. The summed E-state index contributed by atoms with van der Waals surface area (Å²) in [7, 11) is 4.42. The predicted octanol–water partition coefficient (Wildman–Crippen LogP) is 4.67. The van der Waals surface area contributed by atoms with Gasteiger partial charge in [-0.1, -0.05) is 30.2 Å². The standard InChI is InChI=1S/C28H44O8/c1-18(13-9-14-20(3)17-22-23(32-5)21(4)25(30)35-22)11-8-12-19(2)15-10-16-28(31)24(29)26(33-6)36-27(28)34-7/h11,15,17,20,24,26-27,29,31H,8-10,12-14,16H2,1-7H3/b18-11+,19-15+,22-17-. The highest BCUT2D eigenvalue weighted by atomic mass is 16.8. The lowest BCUT2D eigenvalue weighted by atomic mass is 9.91. The molecule has 0 bridgehead atoms. The normalized spacial score (nSPS) is 29.3. The molecular formula is C28H44O8. The fourth-order valence-corrected chi connectivity index (χ4v) is 4.61. The van der Waals surface area contributed by atoms with Crippen molar-refractivity contribution in [3.05, 3.63) is 46.5 Å². The Morgan fingerprint density at radius 3 is 2.42 bits per heavy atom. The fourth-order valence-electron chi connectivity index (χ4n) is 4.61. The molecule has 0 radical (unpaired) electrons. The van der Waals surface area contributed by atoms with E-state index >= 15 is 0 Å². The van der Waals surface area contributed by atoms with E-state index in [0.29, 0.717) is 29.9 Å². The molecule has 0 aromatic carbocycles. The Bertz CT molecular complexity index is 867. The summed E-state index contributed by atoms with van der Waals surface area (Å²) in [6.45, 7) is 8.07. The van der Waals surface area contributed by atoms with Gasteiger partial charge >= 0.3 is 5.97 Å². The lowest BCUT2D eigenvalue weighted by Crippen LogP contribution is -2.49. The summed E-state index contributed by atoms with van der Waals surface area (Å²) in [4.78, 5) is 11.7. The highest BCUT2D eigenvalue weighted by molar-refractivity contribution is 5.93. The summed E-state index contributed by atoms with van der Waals surface area (Å²) in [5.41, 5.74) is 1.60. The van der Waals surface area contributed by atoms with E-state index in [0.717, 1.165) is 32.1 Å². The number of aliphatic hydroxyl groups is 2. The number of allylic oxidation sites excluding steroid dienone is 5. The summed E-state index contributed by atoms with van der Waals surface area (Å²) in [6, 6.07) is 0. The van der Waals surface area contributed by atoms with E-state index in [2.05, 4.69) is 32.9 Å². The molecule has 0 aliphatic carbocycles. The zero-order valence-corrected chi connectivity index (χ0v) is 22.8. The minimum Gasteiger partial charge on any atom is -0.492 e. The Morgan fingerprint density at radius 2 is 1.78 bits per heavy atom. The average Bonchev–Trinajstić information content (AvgIpc) is 3.24. The van der Waals surface area contributed by atoms with E-state index in [9.17, 15) is 15.0 Å². The fraction of sp³-hybridized carbons (Fsp3) is 0.679. The van der Waals surface area contributed by atoms with Crippen LogP contribution in [-0.4, -0.2) is 61.8 Å². The largest absolute Gasteiger partial charge is 0.492 e. The zero-order chi connectivity index (χ0) is 26.9. The predicted molar refractivity (Wildman–Crippen MR) is 137 cm³/mol. The van der Waals surface area contributed by atoms with E-state index in [1.54, 1.807) is 14.0 Å². The summed E-state index contributed by atoms with van der Waals surface area (Å²) < 4.78 is 26.3. The van der Waals surface area contributed by atoms with Gasteiger partial charge in [-0.25, -0.2) is 4.79 Å². The van der Waals surface area contributed by atoms with Crippen LogP contribution in [0.3, 0.4) is 0 Å². The van der Waals surface area contributed by atoms with Crippen molar-refractivity contribution in [1.29, 1.82) is 0 Å². The second-order valence-electron chi connectivity index (χ2n) is 9.87. The molecule has 2 heterocycles. The Morgan fingerprint density at radius 1 is 1.11 bits per heavy atom. The quantitative estimate of drug-likeness (QED) is 0.258. The van der Waals surface area contributed by atoms with E-state index in [4.69, 9.17) is 23.7 Å². The molecule has 2 aliphatic rings. The van der Waals surface area contributed by atoms with Gasteiger partial charge in [-0.3, -0.25) is 0 Å². The van der Waals surface area contributed by atoms with Gasteiger partial charge in [0.15, 0.2) is 24.1 Å². The number of carbonyl (C=O) groups is 1. The Labute approximate surface area is 215 Å². The molecule has 2 rings (SSSR count). The maximum Gasteiger partial charge on any atom is 0.343 e. The highest BCUT2D eigenvalue weighted by Crippen LogP contribution is 2.36. The first-order chi connectivity index (χ1) is 17.1. The van der Waals surface area contributed by atoms with Gasteiger partial charge < -0.3 is 33.9 Å². The Balaban J connectivity index is 1.72. The lowest BCUT2D eigenvalue weighted by molar-refractivity contribution is -0.219. The number of aliphatic hydroxyl groups excluding tert-OH is 1. The van der Waals surface area contributed by atoms with Crippen LogP contribution in [-0.2, 0) is 28.5 Å². The lowest BCUT2D eigenvalue weighted by Gasteiger charge is -2.29. The first kappa shape index (κ1) is 30.3. The molecule has 5 unspecified atom stereocenters. The van der Waals surface area contributed by atoms with E-state index in [1.165, 1.54) is 25.4 Å². The van der Waals surface area contributed by atoms with Crippen LogP contribution in [0, 0.1) is 5.92 Å². The molecule has 204 valence electrons. The summed E-state index contributed by atoms with van der Waals surface area (Å²) in [6.07, 6.45) is 9.21. The van der Waals surface area contributed by atoms with Crippen LogP contribution in [0.25, 0.3) is 0 Å². The van der Waals surface area contributed by atoms with Crippen molar-refractivity contribution in [2.45, 2.75) is 96.9 Å². The summed E-state index contributed by atoms with van der Waals surface area (Å²) >= 11 is 0.